The van der Waals surface area contributed by atoms with Crippen LogP contribution in [0.15, 0.2) is 52.7 Å². The number of anilines is 1. The van der Waals surface area contributed by atoms with Gasteiger partial charge in [-0.2, -0.15) is 0 Å². The molecule has 4 atom stereocenters. The van der Waals surface area contributed by atoms with E-state index in [4.69, 9.17) is 5.73 Å². The van der Waals surface area contributed by atoms with Crippen LogP contribution in [0, 0.1) is 11.8 Å². The number of nitrogens with zero attached hydrogens (tertiary/aromatic N) is 1. The quantitative estimate of drug-likeness (QED) is 0.579. The monoisotopic (exact) mass is 310 g/mol. The summed E-state index contributed by atoms with van der Waals surface area (Å²) < 4.78 is 0. The van der Waals surface area contributed by atoms with Gasteiger partial charge in [-0.25, -0.2) is 4.99 Å². The first-order valence-electron chi connectivity index (χ1n) is 8.31. The van der Waals surface area contributed by atoms with Crippen molar-refractivity contribution in [3.8, 4) is 0 Å². The molecule has 4 heteroatoms. The number of benzene rings is 1. The Kier molecular flexibility index (Phi) is 4.53. The van der Waals surface area contributed by atoms with Crippen molar-refractivity contribution in [3.63, 3.8) is 0 Å². The molecule has 4 nitrogen and oxygen atoms in total. The number of nitrogens with two attached hydrogens (primary N) is 1. The lowest BCUT2D eigenvalue weighted by molar-refractivity contribution is 0.630. The van der Waals surface area contributed by atoms with Crippen LogP contribution in [0.1, 0.15) is 24.8 Å². The van der Waals surface area contributed by atoms with Gasteiger partial charge in [0.1, 0.15) is 0 Å². The summed E-state index contributed by atoms with van der Waals surface area (Å²) in [5.41, 5.74) is 11.2. The van der Waals surface area contributed by atoms with Crippen LogP contribution in [-0.2, 0) is 0 Å². The van der Waals surface area contributed by atoms with Crippen molar-refractivity contribution in [1.29, 1.82) is 0 Å². The van der Waals surface area contributed by atoms with Crippen molar-refractivity contribution in [1.82, 2.24) is 5.32 Å². The maximum absolute atomic E-state index is 6.36. The molecule has 0 radical (unpaired) electrons. The van der Waals surface area contributed by atoms with Crippen molar-refractivity contribution in [2.75, 3.05) is 19.4 Å². The highest BCUT2D eigenvalue weighted by molar-refractivity contribution is 5.58. The smallest absolute Gasteiger partial charge is 0.0879 e. The topological polar surface area (TPSA) is 62.4 Å². The molecular weight excluding hydrogens is 284 g/mol. The van der Waals surface area contributed by atoms with Gasteiger partial charge in [-0.1, -0.05) is 31.2 Å². The Labute approximate surface area is 138 Å². The molecule has 2 aliphatic rings. The summed E-state index contributed by atoms with van der Waals surface area (Å²) in [5.74, 6) is 1.40. The third-order valence-corrected chi connectivity index (χ3v) is 4.90. The van der Waals surface area contributed by atoms with E-state index in [2.05, 4.69) is 59.0 Å². The van der Waals surface area contributed by atoms with E-state index in [1.54, 1.807) is 6.34 Å². The van der Waals surface area contributed by atoms with Gasteiger partial charge in [-0.15, -0.1) is 0 Å². The fraction of sp³-hybridized carbons (Fsp3) is 0.421. The molecule has 0 spiro atoms. The lowest BCUT2D eigenvalue weighted by Gasteiger charge is -2.14. The van der Waals surface area contributed by atoms with Gasteiger partial charge in [0.15, 0.2) is 0 Å². The van der Waals surface area contributed by atoms with Crippen LogP contribution in [0.5, 0.6) is 0 Å². The summed E-state index contributed by atoms with van der Waals surface area (Å²) in [6, 6.07) is 8.77. The Bertz CT molecular complexity index is 642. The second kappa shape index (κ2) is 6.59. The number of aliphatic imine (C=N–C) groups is 1. The minimum absolute atomic E-state index is 0.0620. The van der Waals surface area contributed by atoms with E-state index in [1.807, 2.05) is 14.1 Å². The van der Waals surface area contributed by atoms with Gasteiger partial charge in [0, 0.05) is 31.7 Å². The van der Waals surface area contributed by atoms with Crippen molar-refractivity contribution in [2.45, 2.75) is 25.3 Å². The minimum Gasteiger partial charge on any atom is -0.388 e. The van der Waals surface area contributed by atoms with Crippen molar-refractivity contribution in [2.24, 2.45) is 22.6 Å². The molecule has 1 aromatic rings. The van der Waals surface area contributed by atoms with E-state index in [1.165, 1.54) is 11.1 Å². The zero-order valence-electron chi connectivity index (χ0n) is 14.1. The van der Waals surface area contributed by atoms with Crippen LogP contribution >= 0.6 is 0 Å². The molecule has 4 unspecified atom stereocenters. The van der Waals surface area contributed by atoms with Gasteiger partial charge in [0.2, 0.25) is 0 Å². The third kappa shape index (κ3) is 3.17. The van der Waals surface area contributed by atoms with Crippen LogP contribution in [0.4, 0.5) is 5.69 Å². The van der Waals surface area contributed by atoms with E-state index in [9.17, 15) is 0 Å². The first-order chi connectivity index (χ1) is 11.2. The second-order valence-electron chi connectivity index (χ2n) is 6.45. The molecule has 0 heterocycles. The SMILES string of the molecule is CN/C=N\C(=C1\C=CC(C)C1N)C1CC1c1ccc(NC)cc1. The molecule has 1 fully saturated rings. The van der Waals surface area contributed by atoms with Crippen LogP contribution in [-0.4, -0.2) is 26.5 Å². The van der Waals surface area contributed by atoms with Gasteiger partial charge >= 0.3 is 0 Å². The van der Waals surface area contributed by atoms with Gasteiger partial charge in [0.25, 0.3) is 0 Å². The van der Waals surface area contributed by atoms with E-state index < -0.39 is 0 Å². The lowest BCUT2D eigenvalue weighted by Crippen LogP contribution is -2.26. The average Bonchev–Trinajstić information content (AvgIpc) is 3.30. The maximum atomic E-state index is 6.36. The normalized spacial score (nSPS) is 31.5. The predicted octanol–water partition coefficient (Wildman–Crippen LogP) is 2.87. The summed E-state index contributed by atoms with van der Waals surface area (Å²) >= 11 is 0. The van der Waals surface area contributed by atoms with Crippen molar-refractivity contribution >= 4 is 12.0 Å². The van der Waals surface area contributed by atoms with Crippen LogP contribution in [0.2, 0.25) is 0 Å². The Morgan fingerprint density at radius 1 is 1.26 bits per heavy atom. The van der Waals surface area contributed by atoms with Gasteiger partial charge in [0.05, 0.1) is 12.0 Å². The molecule has 23 heavy (non-hydrogen) atoms. The molecule has 0 amide bonds. The molecular formula is C19H26N4. The van der Waals surface area contributed by atoms with E-state index in [-0.39, 0.29) is 6.04 Å². The fourth-order valence-electron chi connectivity index (χ4n) is 3.31. The Morgan fingerprint density at radius 2 is 2.00 bits per heavy atom. The standard InChI is InChI=1S/C19H26N4/c1-12-4-9-15(18(12)20)19(23-11-21-2)17-10-16(17)13-5-7-14(22-3)8-6-13/h4-9,11-12,16-18,22H,10,20H2,1-3H3,(H,21,23)/b19-15-. The molecule has 122 valence electrons. The summed E-state index contributed by atoms with van der Waals surface area (Å²) in [6.07, 6.45) is 7.27. The average molecular weight is 310 g/mol. The summed E-state index contributed by atoms with van der Waals surface area (Å²) in [4.78, 5) is 4.68. The minimum atomic E-state index is 0.0620. The second-order valence-corrected chi connectivity index (χ2v) is 6.45. The van der Waals surface area contributed by atoms with E-state index >= 15 is 0 Å². The highest BCUT2D eigenvalue weighted by Gasteiger charge is 2.43. The summed E-state index contributed by atoms with van der Waals surface area (Å²) in [5, 5.41) is 6.17. The maximum Gasteiger partial charge on any atom is 0.0879 e. The van der Waals surface area contributed by atoms with E-state index in [0.29, 0.717) is 17.8 Å². The molecule has 0 bridgehead atoms. The first kappa shape index (κ1) is 15.8. The van der Waals surface area contributed by atoms with Gasteiger partial charge < -0.3 is 16.4 Å². The third-order valence-electron chi connectivity index (χ3n) is 4.90. The van der Waals surface area contributed by atoms with Gasteiger partial charge in [-0.05, 0) is 41.5 Å². The number of hydrogen-bond acceptors (Lipinski definition) is 3. The summed E-state index contributed by atoms with van der Waals surface area (Å²) in [7, 11) is 3.82. The lowest BCUT2D eigenvalue weighted by atomic mass is 9.99. The highest BCUT2D eigenvalue weighted by atomic mass is 14.9. The molecule has 4 N–H and O–H groups in total. The number of allylic oxidation sites excluding steroid dienone is 1. The van der Waals surface area contributed by atoms with Crippen molar-refractivity contribution < 1.29 is 0 Å². The van der Waals surface area contributed by atoms with Gasteiger partial charge in [-0.3, -0.25) is 0 Å². The molecule has 0 aromatic heterocycles. The Hall–Kier alpha value is -2.07. The summed E-state index contributed by atoms with van der Waals surface area (Å²) in [6.45, 7) is 2.16. The van der Waals surface area contributed by atoms with Crippen LogP contribution in [0.25, 0.3) is 0 Å². The Morgan fingerprint density at radius 3 is 2.57 bits per heavy atom. The number of nitrogens with one attached hydrogen (secondary N) is 2. The molecule has 2 aliphatic carbocycles. The van der Waals surface area contributed by atoms with Crippen LogP contribution < -0.4 is 16.4 Å². The molecule has 0 aliphatic heterocycles. The largest absolute Gasteiger partial charge is 0.388 e. The fourth-order valence-corrected chi connectivity index (χ4v) is 3.31. The van der Waals surface area contributed by atoms with Crippen molar-refractivity contribution in [3.05, 3.63) is 53.3 Å². The molecule has 0 saturated heterocycles. The van der Waals surface area contributed by atoms with E-state index in [0.717, 1.165) is 17.8 Å². The first-order valence-corrected chi connectivity index (χ1v) is 8.31. The molecule has 3 rings (SSSR count). The highest BCUT2D eigenvalue weighted by Crippen LogP contribution is 2.53. The molecule has 1 saturated carbocycles. The predicted molar refractivity (Wildman–Crippen MR) is 97.7 cm³/mol. The number of hydrogen-bond donors (Lipinski definition) is 3. The number of rotatable bonds is 5. The zero-order valence-corrected chi connectivity index (χ0v) is 14.1. The zero-order chi connectivity index (χ0) is 16.4. The van der Waals surface area contributed by atoms with Crippen LogP contribution in [0.3, 0.4) is 0 Å². The molecule has 1 aromatic carbocycles. The Balaban J connectivity index is 1.84.